The first-order valence-corrected chi connectivity index (χ1v) is 7.14. The van der Waals surface area contributed by atoms with Crippen LogP contribution < -0.4 is 11.1 Å². The molecule has 1 unspecified atom stereocenters. The van der Waals surface area contributed by atoms with Crippen LogP contribution in [-0.2, 0) is 12.6 Å². The Balaban J connectivity index is 1.95. The zero-order valence-electron chi connectivity index (χ0n) is 12.3. The minimum Gasteiger partial charge on any atom is -0.395 e. The van der Waals surface area contributed by atoms with Gasteiger partial charge in [0.1, 0.15) is 5.82 Å². The maximum atomic E-state index is 12.5. The number of nitrogens with two attached hydrogens (primary N) is 1. The van der Waals surface area contributed by atoms with Gasteiger partial charge in [-0.05, 0) is 42.7 Å². The number of alkyl halides is 3. The molecular weight excluding hydrogens is 307 g/mol. The number of nitrogens with zero attached hydrogens (tertiary/aromatic N) is 1. The van der Waals surface area contributed by atoms with Crippen molar-refractivity contribution in [2.75, 3.05) is 11.9 Å². The van der Waals surface area contributed by atoms with Crippen molar-refractivity contribution in [2.45, 2.75) is 25.1 Å². The molecule has 2 rings (SSSR count). The summed E-state index contributed by atoms with van der Waals surface area (Å²) in [4.78, 5) is 3.76. The third-order valence-corrected chi connectivity index (χ3v) is 3.36. The maximum Gasteiger partial charge on any atom is 0.417 e. The molecule has 0 aliphatic carbocycles. The Morgan fingerprint density at radius 3 is 2.35 bits per heavy atom. The van der Waals surface area contributed by atoms with Crippen LogP contribution in [0.4, 0.5) is 24.7 Å². The summed E-state index contributed by atoms with van der Waals surface area (Å²) in [5.74, 6) is 0.341. The van der Waals surface area contributed by atoms with Crippen LogP contribution in [0.1, 0.15) is 17.5 Å². The van der Waals surface area contributed by atoms with Gasteiger partial charge in [-0.2, -0.15) is 13.2 Å². The topological polar surface area (TPSA) is 71.2 Å². The van der Waals surface area contributed by atoms with Gasteiger partial charge in [0.15, 0.2) is 0 Å². The van der Waals surface area contributed by atoms with Gasteiger partial charge in [-0.3, -0.25) is 0 Å². The van der Waals surface area contributed by atoms with E-state index in [0.717, 1.165) is 29.9 Å². The number of hydrogen-bond donors (Lipinski definition) is 3. The molecule has 2 aromatic rings. The van der Waals surface area contributed by atoms with E-state index in [1.54, 1.807) is 0 Å². The molecular formula is C16H18F3N3O. The third kappa shape index (κ3) is 5.22. The fourth-order valence-electron chi connectivity index (χ4n) is 1.98. The van der Waals surface area contributed by atoms with Gasteiger partial charge in [0.2, 0.25) is 0 Å². The van der Waals surface area contributed by atoms with Crippen LogP contribution in [0.25, 0.3) is 0 Å². The highest BCUT2D eigenvalue weighted by molar-refractivity contribution is 5.56. The van der Waals surface area contributed by atoms with Crippen LogP contribution in [0, 0.1) is 0 Å². The summed E-state index contributed by atoms with van der Waals surface area (Å²) in [7, 11) is 0. The summed E-state index contributed by atoms with van der Waals surface area (Å²) in [6.07, 6.45) is -2.15. The van der Waals surface area contributed by atoms with Crippen molar-refractivity contribution >= 4 is 11.5 Å². The molecule has 1 aromatic heterocycles. The molecule has 0 amide bonds. The van der Waals surface area contributed by atoms with Crippen LogP contribution >= 0.6 is 0 Å². The summed E-state index contributed by atoms with van der Waals surface area (Å²) in [5, 5.41) is 11.8. The number of hydrogen-bond acceptors (Lipinski definition) is 4. The first-order chi connectivity index (χ1) is 10.9. The summed E-state index contributed by atoms with van der Waals surface area (Å²) in [5.41, 5.74) is 6.66. The number of halogens is 3. The summed E-state index contributed by atoms with van der Waals surface area (Å²) in [6, 6.07) is 9.48. The molecule has 1 atom stereocenters. The molecule has 0 saturated heterocycles. The number of aromatic nitrogens is 1. The zero-order chi connectivity index (χ0) is 16.9. The molecule has 4 nitrogen and oxygen atoms in total. The predicted molar refractivity (Wildman–Crippen MR) is 82.3 cm³/mol. The van der Waals surface area contributed by atoms with Gasteiger partial charge in [-0.1, -0.05) is 12.1 Å². The molecule has 4 N–H and O–H groups in total. The highest BCUT2D eigenvalue weighted by atomic mass is 19.4. The van der Waals surface area contributed by atoms with E-state index in [0.29, 0.717) is 12.2 Å². The van der Waals surface area contributed by atoms with Gasteiger partial charge in [-0.15, -0.1) is 0 Å². The van der Waals surface area contributed by atoms with Crippen molar-refractivity contribution < 1.29 is 18.3 Å². The van der Waals surface area contributed by atoms with E-state index in [-0.39, 0.29) is 12.6 Å². The van der Waals surface area contributed by atoms with Gasteiger partial charge in [0.25, 0.3) is 0 Å². The quantitative estimate of drug-likeness (QED) is 0.763. The van der Waals surface area contributed by atoms with Gasteiger partial charge >= 0.3 is 6.18 Å². The second-order valence-electron chi connectivity index (χ2n) is 5.23. The standard InChI is InChI=1S/C16H18F3N3O/c17-16(18,19)12-4-8-15(21-9-12)22-14-6-2-11(3-7-14)1-5-13(20)10-23/h2-4,6-9,13,23H,1,5,10,20H2,(H,21,22). The molecule has 124 valence electrons. The number of aryl methyl sites for hydroxylation is 1. The van der Waals surface area contributed by atoms with E-state index in [4.69, 9.17) is 10.8 Å². The van der Waals surface area contributed by atoms with Crippen LogP contribution in [0.2, 0.25) is 0 Å². The second kappa shape index (κ2) is 7.43. The molecule has 0 aliphatic heterocycles. The minimum absolute atomic E-state index is 0.0424. The van der Waals surface area contributed by atoms with E-state index in [9.17, 15) is 13.2 Å². The van der Waals surface area contributed by atoms with Crippen LogP contribution in [0.5, 0.6) is 0 Å². The highest BCUT2D eigenvalue weighted by Gasteiger charge is 2.30. The molecule has 1 aromatic carbocycles. The van der Waals surface area contributed by atoms with Crippen molar-refractivity contribution in [3.8, 4) is 0 Å². The number of pyridine rings is 1. The van der Waals surface area contributed by atoms with Gasteiger partial charge in [0.05, 0.1) is 12.2 Å². The lowest BCUT2D eigenvalue weighted by Gasteiger charge is -2.10. The number of rotatable bonds is 6. The van der Waals surface area contributed by atoms with E-state index in [1.807, 2.05) is 24.3 Å². The van der Waals surface area contributed by atoms with Crippen molar-refractivity contribution in [1.82, 2.24) is 4.98 Å². The van der Waals surface area contributed by atoms with Gasteiger partial charge < -0.3 is 16.2 Å². The monoisotopic (exact) mass is 325 g/mol. The van der Waals surface area contributed by atoms with Crippen molar-refractivity contribution in [1.29, 1.82) is 0 Å². The fourth-order valence-corrected chi connectivity index (χ4v) is 1.98. The lowest BCUT2D eigenvalue weighted by atomic mass is 10.1. The Kier molecular flexibility index (Phi) is 5.57. The largest absolute Gasteiger partial charge is 0.417 e. The molecule has 0 radical (unpaired) electrons. The van der Waals surface area contributed by atoms with Crippen molar-refractivity contribution in [3.63, 3.8) is 0 Å². The highest BCUT2D eigenvalue weighted by Crippen LogP contribution is 2.29. The summed E-state index contributed by atoms with van der Waals surface area (Å²) in [6.45, 7) is -0.0424. The molecule has 0 bridgehead atoms. The van der Waals surface area contributed by atoms with Crippen LogP contribution in [0.15, 0.2) is 42.6 Å². The summed E-state index contributed by atoms with van der Waals surface area (Å²) >= 11 is 0. The first kappa shape index (κ1) is 17.2. The van der Waals surface area contributed by atoms with E-state index >= 15 is 0 Å². The minimum atomic E-state index is -4.39. The van der Waals surface area contributed by atoms with Crippen molar-refractivity contribution in [3.05, 3.63) is 53.7 Å². The SMILES string of the molecule is NC(CO)CCc1ccc(Nc2ccc(C(F)(F)F)cn2)cc1. The lowest BCUT2D eigenvalue weighted by Crippen LogP contribution is -2.24. The Hall–Kier alpha value is -2.12. The van der Waals surface area contributed by atoms with Gasteiger partial charge in [-0.25, -0.2) is 4.98 Å². The Labute approximate surface area is 132 Å². The Morgan fingerprint density at radius 2 is 1.83 bits per heavy atom. The second-order valence-corrected chi connectivity index (χ2v) is 5.23. The lowest BCUT2D eigenvalue weighted by molar-refractivity contribution is -0.137. The average molecular weight is 325 g/mol. The number of anilines is 2. The van der Waals surface area contributed by atoms with E-state index < -0.39 is 11.7 Å². The number of nitrogens with one attached hydrogen (secondary N) is 1. The van der Waals surface area contributed by atoms with Crippen LogP contribution in [0.3, 0.4) is 0 Å². The number of aliphatic hydroxyl groups excluding tert-OH is 1. The molecule has 23 heavy (non-hydrogen) atoms. The molecule has 7 heteroatoms. The number of benzene rings is 1. The molecule has 0 fully saturated rings. The summed E-state index contributed by atoms with van der Waals surface area (Å²) < 4.78 is 37.4. The predicted octanol–water partition coefficient (Wildman–Crippen LogP) is 3.10. The zero-order valence-corrected chi connectivity index (χ0v) is 12.3. The number of aliphatic hydroxyl groups is 1. The normalized spacial score (nSPS) is 12.9. The molecule has 0 aliphatic rings. The fraction of sp³-hybridized carbons (Fsp3) is 0.312. The van der Waals surface area contributed by atoms with Gasteiger partial charge in [0, 0.05) is 17.9 Å². The smallest absolute Gasteiger partial charge is 0.395 e. The Bertz CT molecular complexity index is 612. The van der Waals surface area contributed by atoms with E-state index in [1.165, 1.54) is 6.07 Å². The molecule has 0 saturated carbocycles. The average Bonchev–Trinajstić information content (AvgIpc) is 2.53. The molecule has 0 spiro atoms. The van der Waals surface area contributed by atoms with Crippen molar-refractivity contribution in [2.24, 2.45) is 5.73 Å². The maximum absolute atomic E-state index is 12.5. The Morgan fingerprint density at radius 1 is 1.13 bits per heavy atom. The van der Waals surface area contributed by atoms with Crippen LogP contribution in [-0.4, -0.2) is 22.7 Å². The molecule has 1 heterocycles. The third-order valence-electron chi connectivity index (χ3n) is 3.36. The first-order valence-electron chi connectivity index (χ1n) is 7.14. The van der Waals surface area contributed by atoms with E-state index in [2.05, 4.69) is 10.3 Å².